The summed E-state index contributed by atoms with van der Waals surface area (Å²) in [7, 11) is 1.89. The van der Waals surface area contributed by atoms with Crippen molar-refractivity contribution in [3.05, 3.63) is 0 Å². The van der Waals surface area contributed by atoms with Gasteiger partial charge < -0.3 is 0 Å². The van der Waals surface area contributed by atoms with Crippen LogP contribution in [0.3, 0.4) is 0 Å². The Morgan fingerprint density at radius 1 is 1.33 bits per heavy atom. The number of unbranched alkanes of at least 4 members (excludes halogenated alkanes) is 1. The van der Waals surface area contributed by atoms with Crippen LogP contribution in [0.15, 0.2) is 0 Å². The average molecular weight is 274 g/mol. The molecule has 0 aliphatic heterocycles. The second-order valence-electron chi connectivity index (χ2n) is 3.68. The fourth-order valence-corrected chi connectivity index (χ4v) is 1.96. The zero-order valence-corrected chi connectivity index (χ0v) is 11.5. The third-order valence-electron chi connectivity index (χ3n) is 2.20. The van der Waals surface area contributed by atoms with E-state index in [0.29, 0.717) is 6.54 Å². The number of hydrogen-bond donors (Lipinski definition) is 1. The quantitative estimate of drug-likeness (QED) is 0.535. The molecule has 0 spiro atoms. The van der Waals surface area contributed by atoms with Gasteiger partial charge in [0.2, 0.25) is 0 Å². The van der Waals surface area contributed by atoms with Gasteiger partial charge in [-0.3, -0.25) is 0 Å². The number of nitrogens with zero attached hydrogens (tertiary/aromatic N) is 1. The van der Waals surface area contributed by atoms with Gasteiger partial charge in [-0.05, 0) is 0 Å². The Morgan fingerprint density at radius 2 is 1.93 bits per heavy atom. The van der Waals surface area contributed by atoms with Gasteiger partial charge in [0, 0.05) is 0 Å². The van der Waals surface area contributed by atoms with Gasteiger partial charge in [-0.25, -0.2) is 0 Å². The maximum absolute atomic E-state index is 11.2. The zero-order chi connectivity index (χ0) is 11.8. The first-order valence-electron chi connectivity index (χ1n) is 5.11. The van der Waals surface area contributed by atoms with E-state index in [2.05, 4.69) is 22.4 Å². The first kappa shape index (κ1) is 14.7. The SMILES string of the molecule is CC(=O)NCCCCC(C(C)=O)N(C)[As]. The van der Waals surface area contributed by atoms with Crippen LogP contribution in [-0.4, -0.2) is 52.2 Å². The van der Waals surface area contributed by atoms with Crippen molar-refractivity contribution in [2.75, 3.05) is 13.6 Å². The predicted molar refractivity (Wildman–Crippen MR) is 60.5 cm³/mol. The fourth-order valence-electron chi connectivity index (χ4n) is 1.38. The maximum atomic E-state index is 11.2. The molecule has 0 aliphatic rings. The van der Waals surface area contributed by atoms with Gasteiger partial charge in [-0.2, -0.15) is 0 Å². The molecule has 1 unspecified atom stereocenters. The molecule has 0 bridgehead atoms. The summed E-state index contributed by atoms with van der Waals surface area (Å²) < 4.78 is 1.88. The Kier molecular flexibility index (Phi) is 7.71. The van der Waals surface area contributed by atoms with Gasteiger partial charge in [0.1, 0.15) is 0 Å². The molecule has 1 amide bonds. The van der Waals surface area contributed by atoms with Crippen molar-refractivity contribution in [3.63, 3.8) is 0 Å². The molecular weight excluding hydrogens is 255 g/mol. The van der Waals surface area contributed by atoms with Gasteiger partial charge in [-0.1, -0.05) is 0 Å². The van der Waals surface area contributed by atoms with Crippen molar-refractivity contribution in [1.29, 1.82) is 0 Å². The molecule has 0 aliphatic carbocycles. The van der Waals surface area contributed by atoms with Crippen molar-refractivity contribution < 1.29 is 9.59 Å². The van der Waals surface area contributed by atoms with E-state index in [1.54, 1.807) is 6.92 Å². The Hall–Kier alpha value is -0.342. The van der Waals surface area contributed by atoms with Crippen LogP contribution < -0.4 is 5.32 Å². The van der Waals surface area contributed by atoms with Crippen LogP contribution in [0.1, 0.15) is 33.1 Å². The molecule has 0 saturated carbocycles. The number of carbonyl (C=O) groups excluding carboxylic acids is 2. The van der Waals surface area contributed by atoms with E-state index in [9.17, 15) is 9.59 Å². The molecule has 0 aromatic carbocycles. The molecule has 0 aromatic heterocycles. The standard InChI is InChI=1S/C10H19AsN2O2/c1-8(14)10(13(3)11)6-4-5-7-12-9(2)15/h10H,4-7H2,1-3H3,(H,12,15). The van der Waals surface area contributed by atoms with Crippen molar-refractivity contribution in [1.82, 2.24) is 9.13 Å². The summed E-state index contributed by atoms with van der Waals surface area (Å²) in [5.74, 6) is 0.194. The van der Waals surface area contributed by atoms with E-state index < -0.39 is 0 Å². The summed E-state index contributed by atoms with van der Waals surface area (Å²) in [6.45, 7) is 3.82. The molecule has 0 aromatic rings. The average Bonchev–Trinajstić information content (AvgIpc) is 2.08. The number of rotatable bonds is 7. The first-order chi connectivity index (χ1) is 6.95. The summed E-state index contributed by atoms with van der Waals surface area (Å²) in [6, 6.07) is -0.0117. The molecule has 2 radical (unpaired) electrons. The molecule has 0 heterocycles. The molecular formula is C10H19AsN2O2. The molecule has 86 valence electrons. The number of ketones is 1. The molecule has 1 atom stereocenters. The third kappa shape index (κ3) is 7.57. The van der Waals surface area contributed by atoms with E-state index in [0.717, 1.165) is 19.3 Å². The molecule has 5 heteroatoms. The fraction of sp³-hybridized carbons (Fsp3) is 0.800. The van der Waals surface area contributed by atoms with E-state index in [1.165, 1.54) is 6.92 Å². The molecule has 0 saturated heterocycles. The van der Waals surface area contributed by atoms with Crippen LogP contribution in [0.2, 0.25) is 0 Å². The molecule has 1 N–H and O–H groups in total. The van der Waals surface area contributed by atoms with Gasteiger partial charge >= 0.3 is 100 Å². The summed E-state index contributed by atoms with van der Waals surface area (Å²) in [5.41, 5.74) is 0. The number of carbonyl (C=O) groups is 2. The second-order valence-corrected chi connectivity index (χ2v) is 5.00. The van der Waals surface area contributed by atoms with E-state index in [4.69, 9.17) is 0 Å². The van der Waals surface area contributed by atoms with Crippen LogP contribution in [0.25, 0.3) is 0 Å². The van der Waals surface area contributed by atoms with Crippen molar-refractivity contribution in [2.45, 2.75) is 39.2 Å². The molecule has 0 rings (SSSR count). The van der Waals surface area contributed by atoms with Gasteiger partial charge in [0.15, 0.2) is 0 Å². The molecule has 0 fully saturated rings. The van der Waals surface area contributed by atoms with E-state index in [-0.39, 0.29) is 17.7 Å². The molecule has 4 nitrogen and oxygen atoms in total. The normalized spacial score (nSPS) is 12.6. The Bertz CT molecular complexity index is 219. The topological polar surface area (TPSA) is 49.4 Å². The first-order valence-corrected chi connectivity index (χ1v) is 5.95. The predicted octanol–water partition coefficient (Wildman–Crippen LogP) is 0.266. The number of amides is 1. The number of likely N-dealkylation sites (N-methyl/N-ethyl adjacent to an activating group) is 1. The van der Waals surface area contributed by atoms with Gasteiger partial charge in [0.25, 0.3) is 0 Å². The summed E-state index contributed by atoms with van der Waals surface area (Å²) in [4.78, 5) is 21.8. The Balaban J connectivity index is 3.63. The number of nitrogens with one attached hydrogen (secondary N) is 1. The van der Waals surface area contributed by atoms with Crippen molar-refractivity contribution >= 4 is 28.8 Å². The van der Waals surface area contributed by atoms with E-state index >= 15 is 0 Å². The van der Waals surface area contributed by atoms with Crippen LogP contribution in [0, 0.1) is 0 Å². The molecule has 15 heavy (non-hydrogen) atoms. The van der Waals surface area contributed by atoms with Crippen molar-refractivity contribution in [3.8, 4) is 0 Å². The monoisotopic (exact) mass is 274 g/mol. The van der Waals surface area contributed by atoms with Crippen LogP contribution in [0.4, 0.5) is 0 Å². The Labute approximate surface area is 101 Å². The Morgan fingerprint density at radius 3 is 2.33 bits per heavy atom. The minimum atomic E-state index is -0.0117. The van der Waals surface area contributed by atoms with Gasteiger partial charge in [0.05, 0.1) is 0 Å². The van der Waals surface area contributed by atoms with Crippen LogP contribution in [-0.2, 0) is 9.59 Å². The number of hydrogen-bond acceptors (Lipinski definition) is 3. The summed E-state index contributed by atoms with van der Waals surface area (Å²) in [5, 5.41) is 2.74. The number of Topliss-reactive ketones (excluding diaryl/α,β-unsaturated/α-hetero) is 1. The van der Waals surface area contributed by atoms with Crippen molar-refractivity contribution in [2.24, 2.45) is 0 Å². The zero-order valence-electron chi connectivity index (χ0n) is 9.62. The third-order valence-corrected chi connectivity index (χ3v) is 2.78. The van der Waals surface area contributed by atoms with E-state index in [1.807, 2.05) is 10.9 Å². The van der Waals surface area contributed by atoms with Crippen LogP contribution >= 0.6 is 0 Å². The summed E-state index contributed by atoms with van der Waals surface area (Å²) >= 11 is 2.37. The summed E-state index contributed by atoms with van der Waals surface area (Å²) in [6.07, 6.45) is 2.72. The minimum absolute atomic E-state index is 0.00222. The van der Waals surface area contributed by atoms with Gasteiger partial charge in [-0.15, -0.1) is 0 Å². The second kappa shape index (κ2) is 7.89. The van der Waals surface area contributed by atoms with Crippen LogP contribution in [0.5, 0.6) is 0 Å².